The minimum Gasteiger partial charge on any atom is -0.423 e. The average Bonchev–Trinajstić information content (AvgIpc) is 2.32. The smallest absolute Gasteiger partial charge is 0.322 e. The predicted octanol–water partition coefficient (Wildman–Crippen LogP) is 4.77. The maximum Gasteiger partial charge on any atom is 0.322 e. The molecule has 0 amide bonds. The molecular weight excluding hydrogens is 304 g/mol. The highest BCUT2D eigenvalue weighted by molar-refractivity contribution is 9.10. The second kappa shape index (κ2) is 5.70. The van der Waals surface area contributed by atoms with Crippen LogP contribution in [0.1, 0.15) is 36.7 Å². The van der Waals surface area contributed by atoms with Gasteiger partial charge in [-0.1, -0.05) is 19.9 Å². The first-order valence-electron chi connectivity index (χ1n) is 6.25. The fourth-order valence-electron chi connectivity index (χ4n) is 1.69. The van der Waals surface area contributed by atoms with Crippen LogP contribution in [0.3, 0.4) is 0 Å². The first kappa shape index (κ1) is 14.0. The Morgan fingerprint density at radius 3 is 2.47 bits per heavy atom. The third-order valence-electron chi connectivity index (χ3n) is 2.73. The molecule has 3 nitrogen and oxygen atoms in total. The summed E-state index contributed by atoms with van der Waals surface area (Å²) in [5.74, 6) is 1.08. The van der Waals surface area contributed by atoms with Crippen LogP contribution in [0.5, 0.6) is 11.8 Å². The third kappa shape index (κ3) is 3.53. The highest BCUT2D eigenvalue weighted by atomic mass is 79.9. The molecular formula is C15H17BrN2O. The summed E-state index contributed by atoms with van der Waals surface area (Å²) < 4.78 is 6.67. The molecule has 2 aromatic rings. The number of ether oxygens (including phenoxy) is 1. The molecule has 0 radical (unpaired) electrons. The molecule has 0 saturated carbocycles. The Labute approximate surface area is 122 Å². The lowest BCUT2D eigenvalue weighted by atomic mass is 10.1. The van der Waals surface area contributed by atoms with E-state index in [-0.39, 0.29) is 0 Å². The SMILES string of the molecule is Cc1ccc(Oc2nc(C)cc(C(C)C)n2)c(Br)c1. The summed E-state index contributed by atoms with van der Waals surface area (Å²) in [4.78, 5) is 8.76. The number of hydrogen-bond acceptors (Lipinski definition) is 3. The van der Waals surface area contributed by atoms with Gasteiger partial charge in [-0.15, -0.1) is 0 Å². The van der Waals surface area contributed by atoms with E-state index in [9.17, 15) is 0 Å². The van der Waals surface area contributed by atoms with Gasteiger partial charge in [0.2, 0.25) is 0 Å². The van der Waals surface area contributed by atoms with E-state index in [2.05, 4.69) is 39.7 Å². The van der Waals surface area contributed by atoms with Gasteiger partial charge < -0.3 is 4.74 Å². The van der Waals surface area contributed by atoms with E-state index in [1.807, 2.05) is 38.1 Å². The van der Waals surface area contributed by atoms with Gasteiger partial charge in [0, 0.05) is 5.69 Å². The van der Waals surface area contributed by atoms with Crippen LogP contribution in [0.4, 0.5) is 0 Å². The van der Waals surface area contributed by atoms with Crippen LogP contribution in [0.15, 0.2) is 28.7 Å². The molecule has 1 aromatic carbocycles. The summed E-state index contributed by atoms with van der Waals surface area (Å²) in [6, 6.07) is 8.31. The van der Waals surface area contributed by atoms with Crippen LogP contribution in [0, 0.1) is 13.8 Å². The lowest BCUT2D eigenvalue weighted by molar-refractivity contribution is 0.434. The van der Waals surface area contributed by atoms with Gasteiger partial charge in [-0.3, -0.25) is 0 Å². The van der Waals surface area contributed by atoms with E-state index >= 15 is 0 Å². The van der Waals surface area contributed by atoms with Crippen molar-refractivity contribution in [2.24, 2.45) is 0 Å². The number of aryl methyl sites for hydroxylation is 2. The number of halogens is 1. The molecule has 0 spiro atoms. The van der Waals surface area contributed by atoms with Crippen LogP contribution in [0.2, 0.25) is 0 Å². The van der Waals surface area contributed by atoms with Crippen LogP contribution < -0.4 is 4.74 Å². The Balaban J connectivity index is 2.32. The predicted molar refractivity (Wildman–Crippen MR) is 79.8 cm³/mol. The zero-order valence-corrected chi connectivity index (χ0v) is 13.2. The minimum absolute atomic E-state index is 0.352. The highest BCUT2D eigenvalue weighted by Crippen LogP contribution is 2.29. The first-order valence-corrected chi connectivity index (χ1v) is 7.04. The van der Waals surface area contributed by atoms with Gasteiger partial charge in [-0.25, -0.2) is 4.98 Å². The van der Waals surface area contributed by atoms with E-state index in [4.69, 9.17) is 4.74 Å². The van der Waals surface area contributed by atoms with Crippen molar-refractivity contribution in [2.45, 2.75) is 33.6 Å². The van der Waals surface area contributed by atoms with Crippen molar-refractivity contribution >= 4 is 15.9 Å². The van der Waals surface area contributed by atoms with Crippen LogP contribution in [-0.4, -0.2) is 9.97 Å². The van der Waals surface area contributed by atoms with Crippen molar-refractivity contribution in [3.63, 3.8) is 0 Å². The molecule has 19 heavy (non-hydrogen) atoms. The molecule has 0 aliphatic rings. The maximum absolute atomic E-state index is 5.77. The summed E-state index contributed by atoms with van der Waals surface area (Å²) >= 11 is 3.49. The molecule has 0 aliphatic heterocycles. The molecule has 0 unspecified atom stereocenters. The maximum atomic E-state index is 5.77. The summed E-state index contributed by atoms with van der Waals surface area (Å²) in [6.07, 6.45) is 0. The highest BCUT2D eigenvalue weighted by Gasteiger charge is 2.09. The Kier molecular flexibility index (Phi) is 4.20. The van der Waals surface area contributed by atoms with E-state index < -0.39 is 0 Å². The lowest BCUT2D eigenvalue weighted by Gasteiger charge is -2.10. The molecule has 0 N–H and O–H groups in total. The van der Waals surface area contributed by atoms with Gasteiger partial charge in [-0.05, 0) is 59.5 Å². The van der Waals surface area contributed by atoms with Crippen molar-refractivity contribution in [3.05, 3.63) is 45.7 Å². The Hall–Kier alpha value is -1.42. The van der Waals surface area contributed by atoms with Gasteiger partial charge in [0.15, 0.2) is 0 Å². The van der Waals surface area contributed by atoms with Crippen molar-refractivity contribution in [1.82, 2.24) is 9.97 Å². The summed E-state index contributed by atoms with van der Waals surface area (Å²) in [7, 11) is 0. The molecule has 0 fully saturated rings. The van der Waals surface area contributed by atoms with Gasteiger partial charge in [0.05, 0.1) is 10.2 Å². The van der Waals surface area contributed by atoms with Crippen molar-refractivity contribution in [1.29, 1.82) is 0 Å². The molecule has 0 atom stereocenters. The zero-order chi connectivity index (χ0) is 14.0. The third-order valence-corrected chi connectivity index (χ3v) is 3.35. The standard InChI is InChI=1S/C15H17BrN2O/c1-9(2)13-8-11(4)17-15(18-13)19-14-6-5-10(3)7-12(14)16/h5-9H,1-4H3. The minimum atomic E-state index is 0.352. The Morgan fingerprint density at radius 1 is 1.11 bits per heavy atom. The number of benzene rings is 1. The lowest BCUT2D eigenvalue weighted by Crippen LogP contribution is -2.00. The fraction of sp³-hybridized carbons (Fsp3) is 0.333. The molecule has 1 heterocycles. The van der Waals surface area contributed by atoms with Crippen molar-refractivity contribution in [2.75, 3.05) is 0 Å². The van der Waals surface area contributed by atoms with Crippen LogP contribution >= 0.6 is 15.9 Å². The summed E-state index contributed by atoms with van der Waals surface area (Å²) in [5, 5.41) is 0. The quantitative estimate of drug-likeness (QED) is 0.816. The Morgan fingerprint density at radius 2 is 1.84 bits per heavy atom. The van der Waals surface area contributed by atoms with Gasteiger partial charge in [0.1, 0.15) is 5.75 Å². The summed E-state index contributed by atoms with van der Waals surface area (Å²) in [6.45, 7) is 8.19. The number of aromatic nitrogens is 2. The van der Waals surface area contributed by atoms with Crippen LogP contribution in [0.25, 0.3) is 0 Å². The van der Waals surface area contributed by atoms with Gasteiger partial charge in [-0.2, -0.15) is 4.98 Å². The second-order valence-electron chi connectivity index (χ2n) is 4.91. The number of nitrogens with zero attached hydrogens (tertiary/aromatic N) is 2. The van der Waals surface area contributed by atoms with Crippen LogP contribution in [-0.2, 0) is 0 Å². The molecule has 100 valence electrons. The van der Waals surface area contributed by atoms with E-state index in [0.717, 1.165) is 21.6 Å². The monoisotopic (exact) mass is 320 g/mol. The van der Waals surface area contributed by atoms with E-state index in [0.29, 0.717) is 11.9 Å². The fourth-order valence-corrected chi connectivity index (χ4v) is 2.27. The summed E-state index contributed by atoms with van der Waals surface area (Å²) in [5.41, 5.74) is 3.08. The van der Waals surface area contributed by atoms with E-state index in [1.165, 1.54) is 5.56 Å². The molecule has 1 aromatic heterocycles. The molecule has 2 rings (SSSR count). The number of hydrogen-bond donors (Lipinski definition) is 0. The molecule has 0 saturated heterocycles. The average molecular weight is 321 g/mol. The van der Waals surface area contributed by atoms with Crippen molar-refractivity contribution in [3.8, 4) is 11.8 Å². The second-order valence-corrected chi connectivity index (χ2v) is 5.76. The zero-order valence-electron chi connectivity index (χ0n) is 11.6. The van der Waals surface area contributed by atoms with E-state index in [1.54, 1.807) is 0 Å². The molecule has 0 bridgehead atoms. The van der Waals surface area contributed by atoms with Crippen molar-refractivity contribution < 1.29 is 4.74 Å². The largest absolute Gasteiger partial charge is 0.423 e. The molecule has 0 aliphatic carbocycles. The molecule has 4 heteroatoms. The normalized spacial score (nSPS) is 10.8. The van der Waals surface area contributed by atoms with Gasteiger partial charge in [0.25, 0.3) is 0 Å². The first-order chi connectivity index (χ1) is 8.95. The Bertz CT molecular complexity index is 597. The topological polar surface area (TPSA) is 35.0 Å². The van der Waals surface area contributed by atoms with Gasteiger partial charge >= 0.3 is 6.01 Å². The number of rotatable bonds is 3.